The Labute approximate surface area is 187 Å². The number of nitrogens with zero attached hydrogens (tertiary/aromatic N) is 1. The average Bonchev–Trinajstić information content (AvgIpc) is 3.17. The summed E-state index contributed by atoms with van der Waals surface area (Å²) in [6.07, 6.45) is 0.725. The summed E-state index contributed by atoms with van der Waals surface area (Å²) in [4.78, 5) is 16.1. The Balaban J connectivity index is 0.00000300. The fourth-order valence-electron chi connectivity index (χ4n) is 3.28. The summed E-state index contributed by atoms with van der Waals surface area (Å²) in [6, 6.07) is 7.61. The van der Waals surface area contributed by atoms with Crippen LogP contribution in [0.15, 0.2) is 33.7 Å². The van der Waals surface area contributed by atoms with Crippen molar-refractivity contribution in [2.45, 2.75) is 32.4 Å². The number of aryl methyl sites for hydroxylation is 1. The molecule has 0 saturated carbocycles. The summed E-state index contributed by atoms with van der Waals surface area (Å²) in [7, 11) is -1.34. The maximum absolute atomic E-state index is 12.0. The molecule has 3 rings (SSSR count). The molecule has 2 heterocycles. The smallest absolute Gasteiger partial charge is 0.222 e. The van der Waals surface area contributed by atoms with Gasteiger partial charge in [0.2, 0.25) is 5.91 Å². The highest BCUT2D eigenvalue weighted by Gasteiger charge is 2.28. The Morgan fingerprint density at radius 2 is 2.03 bits per heavy atom. The van der Waals surface area contributed by atoms with Gasteiger partial charge in [-0.3, -0.25) is 9.79 Å². The Hall–Kier alpha value is -1.82. The van der Waals surface area contributed by atoms with E-state index < -0.39 is 9.84 Å². The first kappa shape index (κ1) is 23.5. The number of guanidine groups is 1. The first-order valence-corrected chi connectivity index (χ1v) is 11.1. The second-order valence-electron chi connectivity index (χ2n) is 6.92. The molecule has 2 aromatic rings. The van der Waals surface area contributed by atoms with E-state index >= 15 is 0 Å². The Kier molecular flexibility index (Phi) is 8.32. The molecular weight excluding hydrogens is 507 g/mol. The Morgan fingerprint density at radius 1 is 1.28 bits per heavy atom. The van der Waals surface area contributed by atoms with E-state index in [-0.39, 0.29) is 53.9 Å². The van der Waals surface area contributed by atoms with Crippen LogP contribution in [0.4, 0.5) is 0 Å². The molecule has 1 unspecified atom stereocenters. The number of benzene rings is 1. The van der Waals surface area contributed by atoms with Crippen molar-refractivity contribution >= 4 is 56.6 Å². The maximum atomic E-state index is 12.0. The summed E-state index contributed by atoms with van der Waals surface area (Å²) < 4.78 is 28.7. The zero-order chi connectivity index (χ0) is 20.1. The molecule has 1 fully saturated rings. The number of sulfone groups is 1. The Morgan fingerprint density at radius 3 is 2.69 bits per heavy atom. The SMILES string of the molecule is CN=C(NCCC(=O)NC1CCS(=O)(=O)C1)NCc1oc2ccccc2c1C.I. The van der Waals surface area contributed by atoms with Gasteiger partial charge in [0.1, 0.15) is 11.3 Å². The molecule has 1 atom stereocenters. The van der Waals surface area contributed by atoms with Crippen molar-refractivity contribution in [3.63, 3.8) is 0 Å². The van der Waals surface area contributed by atoms with Gasteiger partial charge in [0.25, 0.3) is 0 Å². The van der Waals surface area contributed by atoms with E-state index in [9.17, 15) is 13.2 Å². The van der Waals surface area contributed by atoms with Gasteiger partial charge in [-0.1, -0.05) is 18.2 Å². The number of carbonyl (C=O) groups is 1. The fourth-order valence-corrected chi connectivity index (χ4v) is 4.95. The van der Waals surface area contributed by atoms with Crippen molar-refractivity contribution in [1.29, 1.82) is 0 Å². The molecule has 3 N–H and O–H groups in total. The molecule has 1 aliphatic heterocycles. The fraction of sp³-hybridized carbons (Fsp3) is 0.474. The van der Waals surface area contributed by atoms with E-state index in [1.54, 1.807) is 7.05 Å². The third-order valence-electron chi connectivity index (χ3n) is 4.82. The molecule has 0 radical (unpaired) electrons. The summed E-state index contributed by atoms with van der Waals surface area (Å²) >= 11 is 0. The van der Waals surface area contributed by atoms with Crippen LogP contribution in [0, 0.1) is 6.92 Å². The summed E-state index contributed by atoms with van der Waals surface area (Å²) in [6.45, 7) is 2.89. The minimum absolute atomic E-state index is 0. The Bertz CT molecular complexity index is 987. The van der Waals surface area contributed by atoms with E-state index in [1.165, 1.54) is 0 Å². The highest BCUT2D eigenvalue weighted by Crippen LogP contribution is 2.24. The number of fused-ring (bicyclic) bond motifs is 1. The lowest BCUT2D eigenvalue weighted by Gasteiger charge is -2.13. The summed E-state index contributed by atoms with van der Waals surface area (Å²) in [5.74, 6) is 1.42. The van der Waals surface area contributed by atoms with Gasteiger partial charge in [-0.15, -0.1) is 24.0 Å². The van der Waals surface area contributed by atoms with Crippen molar-refractivity contribution in [3.8, 4) is 0 Å². The van der Waals surface area contributed by atoms with Crippen molar-refractivity contribution in [2.75, 3.05) is 25.1 Å². The molecule has 8 nitrogen and oxygen atoms in total. The van der Waals surface area contributed by atoms with Gasteiger partial charge in [-0.2, -0.15) is 0 Å². The predicted molar refractivity (Wildman–Crippen MR) is 124 cm³/mol. The van der Waals surface area contributed by atoms with Gasteiger partial charge in [0.05, 0.1) is 18.1 Å². The van der Waals surface area contributed by atoms with Crippen LogP contribution in [-0.2, 0) is 21.2 Å². The second kappa shape index (κ2) is 10.3. The third kappa shape index (κ3) is 6.33. The minimum atomic E-state index is -2.99. The van der Waals surface area contributed by atoms with Crippen LogP contribution in [0.3, 0.4) is 0 Å². The van der Waals surface area contributed by atoms with Crippen LogP contribution >= 0.6 is 24.0 Å². The number of halogens is 1. The van der Waals surface area contributed by atoms with Gasteiger partial charge in [0.15, 0.2) is 15.8 Å². The molecule has 0 aliphatic carbocycles. The highest BCUT2D eigenvalue weighted by molar-refractivity contribution is 14.0. The highest BCUT2D eigenvalue weighted by atomic mass is 127. The van der Waals surface area contributed by atoms with Crippen LogP contribution in [0.5, 0.6) is 0 Å². The number of carbonyl (C=O) groups excluding carboxylic acids is 1. The molecule has 29 heavy (non-hydrogen) atoms. The van der Waals surface area contributed by atoms with Gasteiger partial charge in [0, 0.05) is 37.0 Å². The van der Waals surface area contributed by atoms with E-state index in [0.29, 0.717) is 25.5 Å². The number of aliphatic imine (C=N–C) groups is 1. The monoisotopic (exact) mass is 534 g/mol. The van der Waals surface area contributed by atoms with Gasteiger partial charge in [-0.25, -0.2) is 8.42 Å². The topological polar surface area (TPSA) is 113 Å². The summed E-state index contributed by atoms with van der Waals surface area (Å²) in [5.41, 5.74) is 1.94. The lowest BCUT2D eigenvalue weighted by atomic mass is 10.1. The number of hydrogen-bond donors (Lipinski definition) is 3. The number of rotatable bonds is 6. The lowest BCUT2D eigenvalue weighted by Crippen LogP contribution is -2.41. The molecule has 0 bridgehead atoms. The van der Waals surface area contributed by atoms with E-state index in [4.69, 9.17) is 4.42 Å². The van der Waals surface area contributed by atoms with Gasteiger partial charge < -0.3 is 20.4 Å². The second-order valence-corrected chi connectivity index (χ2v) is 9.15. The normalized spacial score (nSPS) is 18.3. The van der Waals surface area contributed by atoms with Gasteiger partial charge in [-0.05, 0) is 19.4 Å². The summed E-state index contributed by atoms with van der Waals surface area (Å²) in [5, 5.41) is 10.1. The number of para-hydroxylation sites is 1. The van der Waals surface area contributed by atoms with Crippen LogP contribution < -0.4 is 16.0 Å². The number of nitrogens with one attached hydrogen (secondary N) is 3. The first-order chi connectivity index (χ1) is 13.4. The van der Waals surface area contributed by atoms with Crippen molar-refractivity contribution in [2.24, 2.45) is 4.99 Å². The van der Waals surface area contributed by atoms with Crippen LogP contribution in [0.1, 0.15) is 24.2 Å². The molecule has 10 heteroatoms. The number of furan rings is 1. The molecule has 160 valence electrons. The van der Waals surface area contributed by atoms with Crippen molar-refractivity contribution in [3.05, 3.63) is 35.6 Å². The van der Waals surface area contributed by atoms with Crippen LogP contribution in [0.2, 0.25) is 0 Å². The standard InChI is InChI=1S/C19H26N4O4S.HI/c1-13-15-5-3-4-6-16(15)27-17(13)11-22-19(20-2)21-9-7-18(24)23-14-8-10-28(25,26)12-14;/h3-6,14H,7-12H2,1-2H3,(H,23,24)(H2,20,21,22);1H. The van der Waals surface area contributed by atoms with E-state index in [1.807, 2.05) is 31.2 Å². The molecule has 1 saturated heterocycles. The zero-order valence-corrected chi connectivity index (χ0v) is 19.7. The largest absolute Gasteiger partial charge is 0.459 e. The molecule has 1 aromatic heterocycles. The third-order valence-corrected chi connectivity index (χ3v) is 6.59. The van der Waals surface area contributed by atoms with E-state index in [2.05, 4.69) is 20.9 Å². The lowest BCUT2D eigenvalue weighted by molar-refractivity contribution is -0.121. The molecule has 1 aromatic carbocycles. The molecule has 1 amide bonds. The van der Waals surface area contributed by atoms with Crippen molar-refractivity contribution in [1.82, 2.24) is 16.0 Å². The first-order valence-electron chi connectivity index (χ1n) is 9.29. The molecule has 1 aliphatic rings. The maximum Gasteiger partial charge on any atom is 0.222 e. The number of hydrogen-bond acceptors (Lipinski definition) is 5. The van der Waals surface area contributed by atoms with Crippen LogP contribution in [-0.4, -0.2) is 51.4 Å². The average molecular weight is 534 g/mol. The van der Waals surface area contributed by atoms with Crippen LogP contribution in [0.25, 0.3) is 11.0 Å². The van der Waals surface area contributed by atoms with Crippen molar-refractivity contribution < 1.29 is 17.6 Å². The molecular formula is C19H27IN4O4S. The zero-order valence-electron chi connectivity index (χ0n) is 16.5. The quantitative estimate of drug-likeness (QED) is 0.296. The number of amides is 1. The van der Waals surface area contributed by atoms with E-state index in [0.717, 1.165) is 22.3 Å². The van der Waals surface area contributed by atoms with Gasteiger partial charge >= 0.3 is 0 Å². The minimum Gasteiger partial charge on any atom is -0.459 e. The predicted octanol–water partition coefficient (Wildman–Crippen LogP) is 1.72. The molecule has 0 spiro atoms.